The SMILES string of the molecule is COC(=O)c1ccc(C2(C(C)=O)CC2)n1C. The van der Waals surface area contributed by atoms with Crippen LogP contribution in [0.4, 0.5) is 0 Å². The first kappa shape index (κ1) is 10.9. The molecule has 0 N–H and O–H groups in total. The Morgan fingerprint density at radius 1 is 1.38 bits per heavy atom. The van der Waals surface area contributed by atoms with E-state index in [0.29, 0.717) is 5.69 Å². The Bertz CT molecular complexity index is 455. The molecule has 0 radical (unpaired) electrons. The summed E-state index contributed by atoms with van der Waals surface area (Å²) < 4.78 is 6.44. The fraction of sp³-hybridized carbons (Fsp3) is 0.500. The Balaban J connectivity index is 2.42. The van der Waals surface area contributed by atoms with Crippen molar-refractivity contribution in [1.29, 1.82) is 0 Å². The van der Waals surface area contributed by atoms with Crippen LogP contribution in [0.5, 0.6) is 0 Å². The highest BCUT2D eigenvalue weighted by Crippen LogP contribution is 2.49. The lowest BCUT2D eigenvalue weighted by atomic mass is 9.98. The van der Waals surface area contributed by atoms with Gasteiger partial charge in [-0.2, -0.15) is 0 Å². The number of ketones is 1. The average molecular weight is 221 g/mol. The zero-order valence-electron chi connectivity index (χ0n) is 9.74. The van der Waals surface area contributed by atoms with Gasteiger partial charge in [-0.05, 0) is 31.9 Å². The van der Waals surface area contributed by atoms with Gasteiger partial charge in [0, 0.05) is 12.7 Å². The Morgan fingerprint density at radius 2 is 2.00 bits per heavy atom. The van der Waals surface area contributed by atoms with Crippen LogP contribution < -0.4 is 0 Å². The fourth-order valence-electron chi connectivity index (χ4n) is 2.21. The number of Topliss-reactive ketones (excluding diaryl/α,β-unsaturated/α-hetero) is 1. The summed E-state index contributed by atoms with van der Waals surface area (Å²) in [4.78, 5) is 23.0. The molecule has 1 aromatic rings. The molecule has 0 aliphatic heterocycles. The van der Waals surface area contributed by atoms with Crippen molar-refractivity contribution in [3.63, 3.8) is 0 Å². The minimum Gasteiger partial charge on any atom is -0.464 e. The number of nitrogens with zero attached hydrogens (tertiary/aromatic N) is 1. The molecule has 0 bridgehead atoms. The fourth-order valence-corrected chi connectivity index (χ4v) is 2.21. The number of aromatic nitrogens is 1. The summed E-state index contributed by atoms with van der Waals surface area (Å²) in [6.45, 7) is 1.61. The zero-order chi connectivity index (χ0) is 11.9. The maximum absolute atomic E-state index is 11.6. The summed E-state index contributed by atoms with van der Waals surface area (Å²) in [5.41, 5.74) is 1.06. The quantitative estimate of drug-likeness (QED) is 0.725. The third kappa shape index (κ3) is 1.37. The third-order valence-electron chi connectivity index (χ3n) is 3.43. The largest absolute Gasteiger partial charge is 0.464 e. The highest BCUT2D eigenvalue weighted by Gasteiger charge is 2.50. The molecule has 0 unspecified atom stereocenters. The van der Waals surface area contributed by atoms with E-state index in [1.807, 2.05) is 6.07 Å². The molecule has 4 nitrogen and oxygen atoms in total. The van der Waals surface area contributed by atoms with Gasteiger partial charge in [0.25, 0.3) is 0 Å². The Morgan fingerprint density at radius 3 is 2.44 bits per heavy atom. The number of carbonyl (C=O) groups excluding carboxylic acids is 2. The number of hydrogen-bond acceptors (Lipinski definition) is 3. The highest BCUT2D eigenvalue weighted by atomic mass is 16.5. The van der Waals surface area contributed by atoms with E-state index in [-0.39, 0.29) is 17.2 Å². The number of rotatable bonds is 3. The van der Waals surface area contributed by atoms with Gasteiger partial charge in [0.15, 0.2) is 0 Å². The van der Waals surface area contributed by atoms with E-state index in [0.717, 1.165) is 18.5 Å². The van der Waals surface area contributed by atoms with Crippen LogP contribution in [0.25, 0.3) is 0 Å². The number of esters is 1. The number of carbonyl (C=O) groups is 2. The van der Waals surface area contributed by atoms with Gasteiger partial charge < -0.3 is 9.30 Å². The van der Waals surface area contributed by atoms with E-state index < -0.39 is 0 Å². The van der Waals surface area contributed by atoms with E-state index in [1.54, 1.807) is 24.6 Å². The predicted octanol–water partition coefficient (Wildman–Crippen LogP) is 1.43. The molecule has 0 amide bonds. The van der Waals surface area contributed by atoms with Gasteiger partial charge in [-0.1, -0.05) is 0 Å². The molecule has 1 aliphatic carbocycles. The molecule has 1 fully saturated rings. The minimum absolute atomic E-state index is 0.171. The van der Waals surface area contributed by atoms with E-state index in [2.05, 4.69) is 4.74 Å². The van der Waals surface area contributed by atoms with E-state index in [9.17, 15) is 9.59 Å². The average Bonchev–Trinajstić information content (AvgIpc) is 2.97. The van der Waals surface area contributed by atoms with Crippen molar-refractivity contribution in [3.05, 3.63) is 23.5 Å². The second-order valence-electron chi connectivity index (χ2n) is 4.29. The van der Waals surface area contributed by atoms with Crippen LogP contribution in [0, 0.1) is 0 Å². The molecule has 1 saturated carbocycles. The van der Waals surface area contributed by atoms with Crippen LogP contribution in [0.2, 0.25) is 0 Å². The molecule has 16 heavy (non-hydrogen) atoms. The van der Waals surface area contributed by atoms with E-state index >= 15 is 0 Å². The molecule has 0 spiro atoms. The number of ether oxygens (including phenoxy) is 1. The monoisotopic (exact) mass is 221 g/mol. The molecular weight excluding hydrogens is 206 g/mol. The third-order valence-corrected chi connectivity index (χ3v) is 3.43. The van der Waals surface area contributed by atoms with Crippen molar-refractivity contribution in [2.75, 3.05) is 7.11 Å². The van der Waals surface area contributed by atoms with Crippen LogP contribution in [-0.2, 0) is 22.0 Å². The minimum atomic E-state index is -0.367. The summed E-state index contributed by atoms with van der Waals surface area (Å²) in [5, 5.41) is 0. The van der Waals surface area contributed by atoms with Crippen molar-refractivity contribution < 1.29 is 14.3 Å². The lowest BCUT2D eigenvalue weighted by molar-refractivity contribution is -0.119. The van der Waals surface area contributed by atoms with Crippen LogP contribution >= 0.6 is 0 Å². The topological polar surface area (TPSA) is 48.3 Å². The summed E-state index contributed by atoms with van der Waals surface area (Å²) in [5.74, 6) is -0.196. The van der Waals surface area contributed by atoms with Crippen molar-refractivity contribution in [1.82, 2.24) is 4.57 Å². The summed E-state index contributed by atoms with van der Waals surface area (Å²) in [6, 6.07) is 3.56. The summed E-state index contributed by atoms with van der Waals surface area (Å²) in [6.07, 6.45) is 1.75. The van der Waals surface area contributed by atoms with Gasteiger partial charge >= 0.3 is 5.97 Å². The molecule has 0 aromatic carbocycles. The first-order valence-electron chi connectivity index (χ1n) is 5.28. The van der Waals surface area contributed by atoms with Crippen molar-refractivity contribution >= 4 is 11.8 Å². The highest BCUT2D eigenvalue weighted by molar-refractivity contribution is 5.92. The maximum atomic E-state index is 11.6. The van der Waals surface area contributed by atoms with Gasteiger partial charge in [0.2, 0.25) is 0 Å². The van der Waals surface area contributed by atoms with Gasteiger partial charge in [-0.15, -0.1) is 0 Å². The van der Waals surface area contributed by atoms with Crippen LogP contribution in [0.3, 0.4) is 0 Å². The number of methoxy groups -OCH3 is 1. The molecule has 86 valence electrons. The first-order chi connectivity index (χ1) is 7.53. The van der Waals surface area contributed by atoms with E-state index in [4.69, 9.17) is 0 Å². The standard InChI is InChI=1S/C12H15NO3/c1-8(14)12(6-7-12)10-5-4-9(13(10)2)11(15)16-3/h4-5H,6-7H2,1-3H3. The molecule has 0 saturated heterocycles. The molecule has 1 aliphatic rings. The zero-order valence-corrected chi connectivity index (χ0v) is 9.74. The van der Waals surface area contributed by atoms with Crippen LogP contribution in [0.1, 0.15) is 35.9 Å². The maximum Gasteiger partial charge on any atom is 0.354 e. The molecule has 0 atom stereocenters. The second-order valence-corrected chi connectivity index (χ2v) is 4.29. The van der Waals surface area contributed by atoms with Crippen LogP contribution in [0.15, 0.2) is 12.1 Å². The molecule has 1 aromatic heterocycles. The molecule has 4 heteroatoms. The molecule has 1 heterocycles. The predicted molar refractivity (Wildman–Crippen MR) is 58.3 cm³/mol. The summed E-state index contributed by atoms with van der Waals surface area (Å²) in [7, 11) is 3.15. The van der Waals surface area contributed by atoms with Crippen LogP contribution in [-0.4, -0.2) is 23.4 Å². The van der Waals surface area contributed by atoms with Gasteiger partial charge in [0.1, 0.15) is 11.5 Å². The van der Waals surface area contributed by atoms with Crippen molar-refractivity contribution in [2.45, 2.75) is 25.2 Å². The van der Waals surface area contributed by atoms with Gasteiger partial charge in [-0.3, -0.25) is 4.79 Å². The lowest BCUT2D eigenvalue weighted by Gasteiger charge is -2.13. The smallest absolute Gasteiger partial charge is 0.354 e. The Hall–Kier alpha value is -1.58. The van der Waals surface area contributed by atoms with Gasteiger partial charge in [0.05, 0.1) is 12.5 Å². The number of hydrogen-bond donors (Lipinski definition) is 0. The van der Waals surface area contributed by atoms with Gasteiger partial charge in [-0.25, -0.2) is 4.79 Å². The second kappa shape index (κ2) is 3.47. The summed E-state index contributed by atoms with van der Waals surface area (Å²) >= 11 is 0. The Labute approximate surface area is 94.2 Å². The molecular formula is C12H15NO3. The van der Waals surface area contributed by atoms with E-state index in [1.165, 1.54) is 7.11 Å². The normalized spacial score (nSPS) is 16.9. The Kier molecular flexibility index (Phi) is 2.37. The lowest BCUT2D eigenvalue weighted by Crippen LogP contribution is -2.21. The van der Waals surface area contributed by atoms with Crippen molar-refractivity contribution in [3.8, 4) is 0 Å². The first-order valence-corrected chi connectivity index (χ1v) is 5.28. The molecule has 2 rings (SSSR count). The van der Waals surface area contributed by atoms with Crippen molar-refractivity contribution in [2.24, 2.45) is 7.05 Å².